The Bertz CT molecular complexity index is 820. The van der Waals surface area contributed by atoms with Crippen molar-refractivity contribution in [3.63, 3.8) is 0 Å². The Hall–Kier alpha value is -2.35. The van der Waals surface area contributed by atoms with Crippen LogP contribution >= 0.6 is 23.2 Å². The Balaban J connectivity index is 2.31. The van der Waals surface area contributed by atoms with Gasteiger partial charge in [-0.1, -0.05) is 35.3 Å². The Labute approximate surface area is 137 Å². The van der Waals surface area contributed by atoms with Crippen LogP contribution in [0.1, 0.15) is 17.0 Å². The monoisotopic (exact) mass is 331 g/mol. The van der Waals surface area contributed by atoms with E-state index in [0.717, 1.165) is 5.56 Å². The third-order valence-electron chi connectivity index (χ3n) is 3.53. The number of ether oxygens (including phenoxy) is 1. The van der Waals surface area contributed by atoms with Crippen molar-refractivity contribution in [1.82, 2.24) is 0 Å². The molecule has 4 nitrogen and oxygen atoms in total. The summed E-state index contributed by atoms with van der Waals surface area (Å²) < 4.78 is 5.52. The minimum atomic E-state index is -0.490. The Morgan fingerprint density at radius 3 is 2.41 bits per heavy atom. The quantitative estimate of drug-likeness (QED) is 0.778. The molecule has 0 bridgehead atoms. The van der Waals surface area contributed by atoms with Crippen molar-refractivity contribution >= 4 is 28.9 Å². The molecule has 1 atom stereocenters. The third kappa shape index (κ3) is 2.25. The van der Waals surface area contributed by atoms with Gasteiger partial charge in [-0.3, -0.25) is 0 Å². The number of benzene rings is 2. The number of fused-ring (bicyclic) bond motifs is 1. The van der Waals surface area contributed by atoms with Gasteiger partial charge < -0.3 is 16.2 Å². The molecule has 0 aromatic heterocycles. The van der Waals surface area contributed by atoms with Gasteiger partial charge in [-0.15, -0.1) is 0 Å². The second-order valence-corrected chi connectivity index (χ2v) is 5.67. The van der Waals surface area contributed by atoms with Crippen LogP contribution in [0, 0.1) is 11.3 Å². The highest BCUT2D eigenvalue weighted by molar-refractivity contribution is 6.36. The fourth-order valence-corrected chi connectivity index (χ4v) is 3.17. The summed E-state index contributed by atoms with van der Waals surface area (Å²) in [5.74, 6) is 0.0367. The molecule has 0 spiro atoms. The summed E-state index contributed by atoms with van der Waals surface area (Å²) in [4.78, 5) is 0. The molecule has 0 fully saturated rings. The molecule has 0 saturated carbocycles. The number of allylic oxidation sites excluding steroid dienone is 1. The Kier molecular flexibility index (Phi) is 3.61. The summed E-state index contributed by atoms with van der Waals surface area (Å²) in [7, 11) is 0. The van der Waals surface area contributed by atoms with Crippen LogP contribution in [0.25, 0.3) is 0 Å². The van der Waals surface area contributed by atoms with Crippen LogP contribution in [0.2, 0.25) is 10.0 Å². The number of hydrogen-bond donors (Lipinski definition) is 2. The third-order valence-corrected chi connectivity index (χ3v) is 4.19. The van der Waals surface area contributed by atoms with Crippen molar-refractivity contribution in [3.05, 3.63) is 69.0 Å². The topological polar surface area (TPSA) is 85.1 Å². The number of nitrogens with zero attached hydrogens (tertiary/aromatic N) is 1. The van der Waals surface area contributed by atoms with Crippen molar-refractivity contribution in [2.75, 3.05) is 5.73 Å². The molecular formula is C16H11Cl2N3O. The van der Waals surface area contributed by atoms with E-state index >= 15 is 0 Å². The molecule has 110 valence electrons. The molecule has 1 aliphatic rings. The average molecular weight is 332 g/mol. The number of rotatable bonds is 1. The largest absolute Gasteiger partial charge is 0.440 e. The first-order valence-corrected chi connectivity index (χ1v) is 7.19. The summed E-state index contributed by atoms with van der Waals surface area (Å²) in [6, 6.07) is 12.5. The standard InChI is InChI=1S/C16H11Cl2N3O/c17-11-2-1-3-12(18)15(11)14-9-5-4-8(20)6-13(9)22-16(21)10(14)7-19/h1-6,14H,20-21H2. The van der Waals surface area contributed by atoms with Crippen LogP contribution in [0.15, 0.2) is 47.9 Å². The number of anilines is 1. The van der Waals surface area contributed by atoms with Gasteiger partial charge in [-0.05, 0) is 18.2 Å². The fourth-order valence-electron chi connectivity index (χ4n) is 2.56. The number of nitrogen functional groups attached to an aromatic ring is 1. The lowest BCUT2D eigenvalue weighted by molar-refractivity contribution is 0.394. The summed E-state index contributed by atoms with van der Waals surface area (Å²) in [5, 5.41) is 10.4. The molecule has 0 saturated heterocycles. The molecule has 3 rings (SSSR count). The summed E-state index contributed by atoms with van der Waals surface area (Å²) in [6.07, 6.45) is 0. The van der Waals surface area contributed by atoms with E-state index in [1.165, 1.54) is 0 Å². The SMILES string of the molecule is N#CC1=C(N)Oc2cc(N)ccc2C1c1c(Cl)cccc1Cl. The number of halogens is 2. The molecular weight excluding hydrogens is 321 g/mol. The molecule has 1 heterocycles. The predicted octanol–water partition coefficient (Wildman–Crippen LogP) is 3.79. The molecule has 0 radical (unpaired) electrons. The zero-order chi connectivity index (χ0) is 15.9. The molecule has 22 heavy (non-hydrogen) atoms. The van der Waals surface area contributed by atoms with Gasteiger partial charge in [0.25, 0.3) is 0 Å². The normalized spacial score (nSPS) is 16.7. The second kappa shape index (κ2) is 5.45. The average Bonchev–Trinajstić information content (AvgIpc) is 2.46. The summed E-state index contributed by atoms with van der Waals surface area (Å²) in [5.41, 5.74) is 13.9. The number of hydrogen-bond acceptors (Lipinski definition) is 4. The Morgan fingerprint density at radius 2 is 1.77 bits per heavy atom. The van der Waals surface area contributed by atoms with Crippen molar-refractivity contribution in [2.24, 2.45) is 5.73 Å². The Morgan fingerprint density at radius 1 is 1.09 bits per heavy atom. The van der Waals surface area contributed by atoms with E-state index in [1.54, 1.807) is 36.4 Å². The minimum absolute atomic E-state index is 0.0292. The molecule has 1 aliphatic heterocycles. The van der Waals surface area contributed by atoms with Crippen LogP contribution in [0.3, 0.4) is 0 Å². The van der Waals surface area contributed by atoms with E-state index in [1.807, 2.05) is 0 Å². The predicted molar refractivity (Wildman–Crippen MR) is 86.6 cm³/mol. The van der Waals surface area contributed by atoms with E-state index in [2.05, 4.69) is 6.07 Å². The molecule has 4 N–H and O–H groups in total. The molecule has 0 amide bonds. The summed E-state index contributed by atoms with van der Waals surface area (Å²) >= 11 is 12.6. The zero-order valence-corrected chi connectivity index (χ0v) is 12.8. The zero-order valence-electron chi connectivity index (χ0n) is 11.3. The first-order valence-electron chi connectivity index (χ1n) is 6.44. The second-order valence-electron chi connectivity index (χ2n) is 4.86. The molecule has 0 aliphatic carbocycles. The van der Waals surface area contributed by atoms with Crippen molar-refractivity contribution in [1.29, 1.82) is 5.26 Å². The molecule has 6 heteroatoms. The molecule has 1 unspecified atom stereocenters. The maximum absolute atomic E-state index is 9.48. The first kappa shape index (κ1) is 14.6. The van der Waals surface area contributed by atoms with Crippen LogP contribution in [-0.4, -0.2) is 0 Å². The highest BCUT2D eigenvalue weighted by Crippen LogP contribution is 2.46. The minimum Gasteiger partial charge on any atom is -0.440 e. The van der Waals surface area contributed by atoms with Gasteiger partial charge in [-0.2, -0.15) is 5.26 Å². The smallest absolute Gasteiger partial charge is 0.205 e. The first-order chi connectivity index (χ1) is 10.5. The van der Waals surface area contributed by atoms with Gasteiger partial charge in [0.2, 0.25) is 5.88 Å². The summed E-state index contributed by atoms with van der Waals surface area (Å²) in [6.45, 7) is 0. The lowest BCUT2D eigenvalue weighted by Crippen LogP contribution is -2.21. The van der Waals surface area contributed by atoms with Crippen LogP contribution in [0.5, 0.6) is 5.75 Å². The molecule has 2 aromatic carbocycles. The van der Waals surface area contributed by atoms with Gasteiger partial charge in [0.15, 0.2) is 0 Å². The molecule has 2 aromatic rings. The van der Waals surface area contributed by atoms with E-state index in [4.69, 9.17) is 39.4 Å². The van der Waals surface area contributed by atoms with E-state index in [0.29, 0.717) is 27.0 Å². The highest BCUT2D eigenvalue weighted by atomic mass is 35.5. The highest BCUT2D eigenvalue weighted by Gasteiger charge is 2.33. The van der Waals surface area contributed by atoms with Gasteiger partial charge in [0.05, 0.1) is 5.92 Å². The van der Waals surface area contributed by atoms with E-state index in [9.17, 15) is 5.26 Å². The van der Waals surface area contributed by atoms with Gasteiger partial charge in [-0.25, -0.2) is 0 Å². The van der Waals surface area contributed by atoms with Crippen LogP contribution < -0.4 is 16.2 Å². The van der Waals surface area contributed by atoms with Gasteiger partial charge >= 0.3 is 0 Å². The van der Waals surface area contributed by atoms with Crippen LogP contribution in [0.4, 0.5) is 5.69 Å². The maximum Gasteiger partial charge on any atom is 0.205 e. The van der Waals surface area contributed by atoms with Crippen molar-refractivity contribution in [3.8, 4) is 11.8 Å². The lowest BCUT2D eigenvalue weighted by Gasteiger charge is -2.27. The van der Waals surface area contributed by atoms with Gasteiger partial charge in [0.1, 0.15) is 17.4 Å². The van der Waals surface area contributed by atoms with E-state index < -0.39 is 5.92 Å². The number of nitriles is 1. The van der Waals surface area contributed by atoms with Crippen molar-refractivity contribution < 1.29 is 4.74 Å². The van der Waals surface area contributed by atoms with E-state index in [-0.39, 0.29) is 11.5 Å². The van der Waals surface area contributed by atoms with Crippen LogP contribution in [-0.2, 0) is 0 Å². The maximum atomic E-state index is 9.48. The van der Waals surface area contributed by atoms with Crippen molar-refractivity contribution in [2.45, 2.75) is 5.92 Å². The number of nitrogens with two attached hydrogens (primary N) is 2. The van der Waals surface area contributed by atoms with Gasteiger partial charge in [0, 0.05) is 32.9 Å². The lowest BCUT2D eigenvalue weighted by atomic mass is 9.83. The fraction of sp³-hybridized carbons (Fsp3) is 0.0625.